The molecule has 5 heteroatoms. The van der Waals surface area contributed by atoms with Crippen molar-refractivity contribution in [2.75, 3.05) is 24.2 Å². The molecule has 0 radical (unpaired) electrons. The number of hydrogen-bond acceptors (Lipinski definition) is 4. The fraction of sp³-hybridized carbons (Fsp3) is 0.375. The first kappa shape index (κ1) is 15.2. The first-order valence-electron chi connectivity index (χ1n) is 7.13. The van der Waals surface area contributed by atoms with Crippen LogP contribution in [0.4, 0.5) is 16.0 Å². The highest BCUT2D eigenvalue weighted by Gasteiger charge is 2.13. The molecule has 21 heavy (non-hydrogen) atoms. The van der Waals surface area contributed by atoms with E-state index >= 15 is 0 Å². The van der Waals surface area contributed by atoms with Crippen molar-refractivity contribution in [3.63, 3.8) is 0 Å². The summed E-state index contributed by atoms with van der Waals surface area (Å²) in [6, 6.07) is 6.84. The van der Waals surface area contributed by atoms with Gasteiger partial charge in [-0.25, -0.2) is 14.4 Å². The highest BCUT2D eigenvalue weighted by molar-refractivity contribution is 5.58. The summed E-state index contributed by atoms with van der Waals surface area (Å²) < 4.78 is 13.6. The van der Waals surface area contributed by atoms with Gasteiger partial charge in [0.15, 0.2) is 0 Å². The quantitative estimate of drug-likeness (QED) is 0.855. The maximum Gasteiger partial charge on any atom is 0.134 e. The summed E-state index contributed by atoms with van der Waals surface area (Å²) >= 11 is 0. The van der Waals surface area contributed by atoms with Gasteiger partial charge in [-0.15, -0.1) is 0 Å². The zero-order valence-electron chi connectivity index (χ0n) is 12.7. The van der Waals surface area contributed by atoms with Gasteiger partial charge in [0.2, 0.25) is 0 Å². The lowest BCUT2D eigenvalue weighted by Gasteiger charge is -2.16. The first-order chi connectivity index (χ1) is 10.1. The Bertz CT molecular complexity index is 599. The van der Waals surface area contributed by atoms with Crippen molar-refractivity contribution in [1.82, 2.24) is 9.97 Å². The molecule has 2 rings (SSSR count). The van der Waals surface area contributed by atoms with Crippen LogP contribution in [0.5, 0.6) is 0 Å². The molecule has 0 aliphatic rings. The Kier molecular flexibility index (Phi) is 5.09. The standard InChI is InChI=1S/C16H21FN4/c1-11(2)14-15(18-3)20-10-21-16(14)19-9-8-12-6-4-5-7-13(12)17/h4-7,10-11H,8-9H2,1-3H3,(H2,18,19,20,21). The van der Waals surface area contributed by atoms with E-state index in [1.165, 1.54) is 12.4 Å². The van der Waals surface area contributed by atoms with E-state index in [0.717, 1.165) is 17.2 Å². The number of hydrogen-bond donors (Lipinski definition) is 2. The van der Waals surface area contributed by atoms with Crippen molar-refractivity contribution < 1.29 is 4.39 Å². The molecule has 0 saturated heterocycles. The van der Waals surface area contributed by atoms with E-state index in [0.29, 0.717) is 24.4 Å². The second-order valence-corrected chi connectivity index (χ2v) is 5.16. The van der Waals surface area contributed by atoms with E-state index < -0.39 is 0 Å². The highest BCUT2D eigenvalue weighted by atomic mass is 19.1. The van der Waals surface area contributed by atoms with Gasteiger partial charge in [-0.3, -0.25) is 0 Å². The van der Waals surface area contributed by atoms with E-state index in [-0.39, 0.29) is 5.82 Å². The molecule has 4 nitrogen and oxygen atoms in total. The molecule has 1 aromatic heterocycles. The third kappa shape index (κ3) is 3.68. The van der Waals surface area contributed by atoms with Gasteiger partial charge in [-0.05, 0) is 24.0 Å². The Morgan fingerprint density at radius 3 is 2.52 bits per heavy atom. The van der Waals surface area contributed by atoms with Crippen LogP contribution >= 0.6 is 0 Å². The molecule has 0 aliphatic carbocycles. The van der Waals surface area contributed by atoms with Gasteiger partial charge in [0.1, 0.15) is 23.8 Å². The molecule has 0 aliphatic heterocycles. The second kappa shape index (κ2) is 7.02. The van der Waals surface area contributed by atoms with E-state index in [9.17, 15) is 4.39 Å². The molecular weight excluding hydrogens is 267 g/mol. The Balaban J connectivity index is 2.08. The van der Waals surface area contributed by atoms with Crippen LogP contribution in [-0.2, 0) is 6.42 Å². The van der Waals surface area contributed by atoms with E-state index in [2.05, 4.69) is 34.4 Å². The van der Waals surface area contributed by atoms with Crippen molar-refractivity contribution in [1.29, 1.82) is 0 Å². The average Bonchev–Trinajstić information content (AvgIpc) is 2.48. The number of anilines is 2. The Labute approximate surface area is 124 Å². The summed E-state index contributed by atoms with van der Waals surface area (Å²) in [7, 11) is 1.84. The molecule has 1 heterocycles. The van der Waals surface area contributed by atoms with Crippen molar-refractivity contribution >= 4 is 11.6 Å². The highest BCUT2D eigenvalue weighted by Crippen LogP contribution is 2.27. The third-order valence-corrected chi connectivity index (χ3v) is 3.34. The van der Waals surface area contributed by atoms with Gasteiger partial charge in [0, 0.05) is 19.2 Å². The number of nitrogens with zero attached hydrogens (tertiary/aromatic N) is 2. The minimum absolute atomic E-state index is 0.165. The molecule has 0 saturated carbocycles. The minimum atomic E-state index is -0.165. The fourth-order valence-electron chi connectivity index (χ4n) is 2.30. The van der Waals surface area contributed by atoms with Gasteiger partial charge in [0.25, 0.3) is 0 Å². The van der Waals surface area contributed by atoms with Crippen LogP contribution in [0, 0.1) is 5.82 Å². The van der Waals surface area contributed by atoms with Crippen LogP contribution in [0.15, 0.2) is 30.6 Å². The summed E-state index contributed by atoms with van der Waals surface area (Å²) in [6.07, 6.45) is 2.15. The zero-order chi connectivity index (χ0) is 15.2. The summed E-state index contributed by atoms with van der Waals surface area (Å²) in [5.74, 6) is 1.76. The van der Waals surface area contributed by atoms with Crippen LogP contribution in [0.2, 0.25) is 0 Å². The molecule has 0 bridgehead atoms. The van der Waals surface area contributed by atoms with Gasteiger partial charge in [0.05, 0.1) is 0 Å². The summed E-state index contributed by atoms with van der Waals surface area (Å²) in [6.45, 7) is 4.82. The molecule has 2 aromatic rings. The van der Waals surface area contributed by atoms with E-state index in [1.807, 2.05) is 13.1 Å². The van der Waals surface area contributed by atoms with Gasteiger partial charge < -0.3 is 10.6 Å². The van der Waals surface area contributed by atoms with Gasteiger partial charge in [-0.2, -0.15) is 0 Å². The van der Waals surface area contributed by atoms with Crippen LogP contribution in [0.1, 0.15) is 30.9 Å². The SMILES string of the molecule is CNc1ncnc(NCCc2ccccc2F)c1C(C)C. The normalized spacial score (nSPS) is 10.7. The lowest BCUT2D eigenvalue weighted by atomic mass is 10.0. The van der Waals surface area contributed by atoms with Crippen LogP contribution in [0.25, 0.3) is 0 Å². The molecule has 0 atom stereocenters. The number of halogens is 1. The number of rotatable bonds is 6. The number of nitrogens with one attached hydrogen (secondary N) is 2. The second-order valence-electron chi connectivity index (χ2n) is 5.16. The molecule has 0 unspecified atom stereocenters. The lowest BCUT2D eigenvalue weighted by Crippen LogP contribution is -2.12. The maximum atomic E-state index is 13.6. The topological polar surface area (TPSA) is 49.8 Å². The molecular formula is C16H21FN4. The van der Waals surface area contributed by atoms with E-state index in [4.69, 9.17) is 0 Å². The molecule has 2 N–H and O–H groups in total. The van der Waals surface area contributed by atoms with Crippen LogP contribution < -0.4 is 10.6 Å². The summed E-state index contributed by atoms with van der Waals surface area (Å²) in [4.78, 5) is 8.54. The van der Waals surface area contributed by atoms with Crippen molar-refractivity contribution in [3.05, 3.63) is 47.5 Å². The molecule has 112 valence electrons. The maximum absolute atomic E-state index is 13.6. The Morgan fingerprint density at radius 1 is 1.14 bits per heavy atom. The molecule has 0 spiro atoms. The smallest absolute Gasteiger partial charge is 0.134 e. The Morgan fingerprint density at radius 2 is 1.86 bits per heavy atom. The number of aromatic nitrogens is 2. The molecule has 1 aromatic carbocycles. The largest absolute Gasteiger partial charge is 0.373 e. The lowest BCUT2D eigenvalue weighted by molar-refractivity contribution is 0.610. The first-order valence-corrected chi connectivity index (χ1v) is 7.13. The minimum Gasteiger partial charge on any atom is -0.373 e. The average molecular weight is 288 g/mol. The third-order valence-electron chi connectivity index (χ3n) is 3.34. The van der Waals surface area contributed by atoms with Crippen LogP contribution in [-0.4, -0.2) is 23.6 Å². The Hall–Kier alpha value is -2.17. The van der Waals surface area contributed by atoms with Gasteiger partial charge in [-0.1, -0.05) is 32.0 Å². The monoisotopic (exact) mass is 288 g/mol. The van der Waals surface area contributed by atoms with Crippen LogP contribution in [0.3, 0.4) is 0 Å². The summed E-state index contributed by atoms with van der Waals surface area (Å²) in [5, 5.41) is 6.37. The zero-order valence-corrected chi connectivity index (χ0v) is 12.7. The summed E-state index contributed by atoms with van der Waals surface area (Å²) in [5.41, 5.74) is 1.76. The number of benzene rings is 1. The predicted molar refractivity (Wildman–Crippen MR) is 84.3 cm³/mol. The van der Waals surface area contributed by atoms with Crippen molar-refractivity contribution in [2.45, 2.75) is 26.2 Å². The van der Waals surface area contributed by atoms with E-state index in [1.54, 1.807) is 12.1 Å². The van der Waals surface area contributed by atoms with Crippen molar-refractivity contribution in [3.8, 4) is 0 Å². The molecule has 0 amide bonds. The fourth-order valence-corrected chi connectivity index (χ4v) is 2.30. The van der Waals surface area contributed by atoms with Gasteiger partial charge >= 0.3 is 0 Å². The van der Waals surface area contributed by atoms with Crippen molar-refractivity contribution in [2.24, 2.45) is 0 Å². The molecule has 0 fully saturated rings. The predicted octanol–water partition coefficient (Wildman–Crippen LogP) is 3.44.